The fourth-order valence-corrected chi connectivity index (χ4v) is 8.25. The number of thiol groups is 1. The minimum atomic E-state index is -0.989. The second-order valence-corrected chi connectivity index (χ2v) is 15.5. The smallest absolute Gasteiger partial charge is 0.245 e. The molecule has 1 aliphatic rings. The van der Waals surface area contributed by atoms with Crippen LogP contribution in [0.15, 0.2) is 100 Å². The maximum absolute atomic E-state index is 16.2. The molecular formula is C42H49FN8O3S2. The molecule has 11 nitrogen and oxygen atoms in total. The molecule has 1 aliphatic heterocycles. The van der Waals surface area contributed by atoms with Crippen LogP contribution in [0.1, 0.15) is 48.8 Å². The largest absolute Gasteiger partial charge is 0.361 e. The van der Waals surface area contributed by atoms with Gasteiger partial charge in [0.15, 0.2) is 0 Å². The number of unbranched alkanes of at least 4 members (excludes halogenated alkanes) is 1. The Morgan fingerprint density at radius 3 is 2.45 bits per heavy atom. The van der Waals surface area contributed by atoms with E-state index in [1.807, 2.05) is 60.8 Å². The van der Waals surface area contributed by atoms with E-state index in [2.05, 4.69) is 38.5 Å². The average molecular weight is 797 g/mol. The van der Waals surface area contributed by atoms with Crippen molar-refractivity contribution in [2.24, 2.45) is 11.5 Å². The normalized spacial score (nSPS) is 18.6. The summed E-state index contributed by atoms with van der Waals surface area (Å²) >= 11 is 5.63. The first-order valence-corrected chi connectivity index (χ1v) is 20.2. The summed E-state index contributed by atoms with van der Waals surface area (Å²) in [6.07, 6.45) is 6.25. The van der Waals surface area contributed by atoms with Gasteiger partial charge in [0.25, 0.3) is 0 Å². The molecule has 0 spiro atoms. The Morgan fingerprint density at radius 2 is 1.66 bits per heavy atom. The van der Waals surface area contributed by atoms with Crippen LogP contribution >= 0.6 is 24.4 Å². The molecule has 0 bridgehead atoms. The highest BCUT2D eigenvalue weighted by atomic mass is 32.2. The molecule has 8 N–H and O–H groups in total. The fraction of sp³-hybridized carbons (Fsp3) is 0.333. The van der Waals surface area contributed by atoms with Crippen molar-refractivity contribution in [3.8, 4) is 11.1 Å². The van der Waals surface area contributed by atoms with E-state index >= 15 is 4.39 Å². The molecule has 3 aromatic carbocycles. The Kier molecular flexibility index (Phi) is 14.2. The maximum Gasteiger partial charge on any atom is 0.245 e. The van der Waals surface area contributed by atoms with Crippen molar-refractivity contribution < 1.29 is 18.8 Å². The second-order valence-electron chi connectivity index (χ2n) is 14.0. The van der Waals surface area contributed by atoms with Crippen molar-refractivity contribution in [2.75, 3.05) is 20.1 Å². The number of para-hydroxylation sites is 1. The lowest BCUT2D eigenvalue weighted by atomic mass is 9.98. The third-order valence-corrected chi connectivity index (χ3v) is 11.7. The first-order valence-electron chi connectivity index (χ1n) is 18.9. The van der Waals surface area contributed by atoms with Gasteiger partial charge in [-0.05, 0) is 103 Å². The number of rotatable bonds is 10. The number of aromatic nitrogens is 2. The van der Waals surface area contributed by atoms with Crippen molar-refractivity contribution in [3.63, 3.8) is 0 Å². The molecule has 294 valence electrons. The molecule has 2 aromatic heterocycles. The molecule has 5 aromatic rings. The van der Waals surface area contributed by atoms with Crippen LogP contribution in [-0.4, -0.2) is 70.9 Å². The van der Waals surface area contributed by atoms with Crippen LogP contribution in [0.2, 0.25) is 0 Å². The quantitative estimate of drug-likeness (QED) is 0.0736. The van der Waals surface area contributed by atoms with E-state index in [-0.39, 0.29) is 25.4 Å². The number of fused-ring (bicyclic) bond motifs is 3. The van der Waals surface area contributed by atoms with E-state index < -0.39 is 35.8 Å². The van der Waals surface area contributed by atoms with Gasteiger partial charge in [-0.15, -0.1) is 12.6 Å². The summed E-state index contributed by atoms with van der Waals surface area (Å²) < 4.78 is 16.2. The number of likely N-dealkylation sites (N-methyl/N-ethyl adjacent to an activating group) is 1. The van der Waals surface area contributed by atoms with E-state index in [4.69, 9.17) is 11.5 Å². The Labute approximate surface area is 336 Å². The van der Waals surface area contributed by atoms with Gasteiger partial charge in [-0.3, -0.25) is 14.4 Å². The summed E-state index contributed by atoms with van der Waals surface area (Å²) in [7, 11) is 1.60. The summed E-state index contributed by atoms with van der Waals surface area (Å²) in [6, 6.07) is 19.5. The third kappa shape index (κ3) is 9.79. The molecule has 14 heteroatoms. The van der Waals surface area contributed by atoms with E-state index in [1.54, 1.807) is 25.4 Å². The van der Waals surface area contributed by atoms with Gasteiger partial charge in [0.1, 0.15) is 22.9 Å². The van der Waals surface area contributed by atoms with Crippen molar-refractivity contribution >= 4 is 53.0 Å². The van der Waals surface area contributed by atoms with Crippen LogP contribution in [0.3, 0.4) is 0 Å². The van der Waals surface area contributed by atoms with E-state index in [0.29, 0.717) is 60.7 Å². The number of hydrogen-bond donors (Lipinski definition) is 7. The number of nitrogens with one attached hydrogen (secondary N) is 4. The summed E-state index contributed by atoms with van der Waals surface area (Å²) in [5, 5.41) is 11.0. The van der Waals surface area contributed by atoms with Gasteiger partial charge in [0, 0.05) is 54.8 Å². The number of carbonyl (C=O) groups is 3. The molecule has 0 fully saturated rings. The molecule has 3 amide bonds. The molecule has 6 rings (SSSR count). The van der Waals surface area contributed by atoms with Crippen molar-refractivity contribution in [1.82, 2.24) is 30.8 Å². The number of nitrogens with two attached hydrogens (primary N) is 2. The van der Waals surface area contributed by atoms with Gasteiger partial charge in [-0.25, -0.2) is 9.37 Å². The van der Waals surface area contributed by atoms with Crippen LogP contribution in [0.25, 0.3) is 22.0 Å². The molecular weight excluding hydrogens is 748 g/mol. The summed E-state index contributed by atoms with van der Waals surface area (Å²) in [4.78, 5) is 53.6. The van der Waals surface area contributed by atoms with Gasteiger partial charge >= 0.3 is 0 Å². The second kappa shape index (κ2) is 19.4. The lowest BCUT2D eigenvalue weighted by Crippen LogP contribution is -2.57. The molecule has 0 unspecified atom stereocenters. The van der Waals surface area contributed by atoms with E-state index in [1.165, 1.54) is 22.7 Å². The predicted molar refractivity (Wildman–Crippen MR) is 222 cm³/mol. The number of benzene rings is 3. The van der Waals surface area contributed by atoms with Gasteiger partial charge in [-0.2, -0.15) is 0 Å². The molecule has 3 heterocycles. The predicted octanol–water partition coefficient (Wildman–Crippen LogP) is 5.32. The number of carbonyl (C=O) groups excluding carboxylic acids is 3. The van der Waals surface area contributed by atoms with Gasteiger partial charge in [-0.1, -0.05) is 54.2 Å². The highest BCUT2D eigenvalue weighted by molar-refractivity contribution is 7.99. The zero-order valence-electron chi connectivity index (χ0n) is 31.4. The zero-order valence-corrected chi connectivity index (χ0v) is 33.1. The number of nitrogens with zero attached hydrogens (tertiary/aromatic N) is 2. The standard InChI is InChI=1S/C42H49FN8O3S2/c1-51-37(22-28-24-47-34-10-3-2-9-31(28)34)40(53)49-25-32-30(26-13-15-29(55)16-14-26)17-18-33(43)38(32)56-41-27(8-7-21-46-41)23-48-35(12-6-20-45)39(52)50-36(42(51)54)11-4-5-19-44/h2-3,7-10,13-18,21,24,35-37,47-48,55H,4-6,11-12,19-20,22-23,25,44-45H2,1H3,(H,49,53)(H,50,52)/t35-,36-,37-/m0/s1. The van der Waals surface area contributed by atoms with E-state index in [9.17, 15) is 14.4 Å². The van der Waals surface area contributed by atoms with Gasteiger partial charge < -0.3 is 37.3 Å². The molecule has 56 heavy (non-hydrogen) atoms. The van der Waals surface area contributed by atoms with Gasteiger partial charge in [0.2, 0.25) is 17.7 Å². The Morgan fingerprint density at radius 1 is 0.893 bits per heavy atom. The van der Waals surface area contributed by atoms with Gasteiger partial charge in [0.05, 0.1) is 10.9 Å². The van der Waals surface area contributed by atoms with Crippen molar-refractivity contribution in [3.05, 3.63) is 108 Å². The lowest BCUT2D eigenvalue weighted by Gasteiger charge is -2.32. The highest BCUT2D eigenvalue weighted by Gasteiger charge is 2.34. The summed E-state index contributed by atoms with van der Waals surface area (Å²) in [5.74, 6) is -1.66. The first-order chi connectivity index (χ1) is 27.2. The lowest BCUT2D eigenvalue weighted by molar-refractivity contribution is -0.142. The minimum absolute atomic E-state index is 0.0401. The third-order valence-electron chi connectivity index (χ3n) is 10.2. The Hall–Kier alpha value is -4.73. The summed E-state index contributed by atoms with van der Waals surface area (Å²) in [6.45, 7) is 1.02. The average Bonchev–Trinajstić information content (AvgIpc) is 3.62. The maximum atomic E-state index is 16.2. The van der Waals surface area contributed by atoms with E-state index in [0.717, 1.165) is 38.1 Å². The Balaban J connectivity index is 1.47. The Bertz CT molecular complexity index is 2150. The number of halogens is 1. The first kappa shape index (κ1) is 40.9. The van der Waals surface area contributed by atoms with Crippen LogP contribution in [0.5, 0.6) is 0 Å². The molecule has 0 radical (unpaired) electrons. The molecule has 0 saturated heterocycles. The topological polar surface area (TPSA) is 171 Å². The highest BCUT2D eigenvalue weighted by Crippen LogP contribution is 2.39. The molecule has 0 saturated carbocycles. The molecule has 0 aliphatic carbocycles. The van der Waals surface area contributed by atoms with Crippen molar-refractivity contribution in [1.29, 1.82) is 0 Å². The number of hydrogen-bond acceptors (Lipinski definition) is 9. The number of amides is 3. The number of aromatic amines is 1. The number of pyridine rings is 1. The zero-order chi connectivity index (χ0) is 39.6. The van der Waals surface area contributed by atoms with Crippen LogP contribution < -0.4 is 27.4 Å². The van der Waals surface area contributed by atoms with Crippen LogP contribution in [0, 0.1) is 5.82 Å². The SMILES string of the molecule is CN1C(=O)[C@H](CCCCN)NC(=O)[C@H](CCCN)NCc2cccnc2Sc2c(F)ccc(-c3ccc(S)cc3)c2CNC(=O)[C@@H]1Cc1c[nH]c2ccccc12. The molecule has 3 atom stereocenters. The monoisotopic (exact) mass is 796 g/mol. The van der Waals surface area contributed by atoms with Crippen LogP contribution in [0.4, 0.5) is 4.39 Å². The fourth-order valence-electron chi connectivity index (χ4n) is 7.05. The van der Waals surface area contributed by atoms with Crippen molar-refractivity contribution in [2.45, 2.75) is 84.6 Å². The minimum Gasteiger partial charge on any atom is -0.361 e. The van der Waals surface area contributed by atoms with Crippen LogP contribution in [-0.2, 0) is 33.9 Å². The number of H-pyrrole nitrogens is 1. The summed E-state index contributed by atoms with van der Waals surface area (Å²) in [5.41, 5.74) is 16.3.